The van der Waals surface area contributed by atoms with Crippen LogP contribution in [-0.4, -0.2) is 44.8 Å². The zero-order valence-corrected chi connectivity index (χ0v) is 15.8. The van der Waals surface area contributed by atoms with Crippen LogP contribution in [0.1, 0.15) is 33.2 Å². The van der Waals surface area contributed by atoms with E-state index < -0.39 is 57.9 Å². The number of rotatable bonds is 5. The van der Waals surface area contributed by atoms with Crippen LogP contribution < -0.4 is 5.32 Å². The quantitative estimate of drug-likeness (QED) is 0.420. The molecule has 0 aromatic heterocycles. The van der Waals surface area contributed by atoms with Crippen LogP contribution in [0.4, 0.5) is 24.5 Å². The molecule has 0 bridgehead atoms. The summed E-state index contributed by atoms with van der Waals surface area (Å²) in [7, 11) is 0. The van der Waals surface area contributed by atoms with Gasteiger partial charge in [0.15, 0.2) is 5.60 Å². The number of hydrogen-bond acceptors (Lipinski definition) is 6. The highest BCUT2D eigenvalue weighted by Gasteiger charge is 2.43. The van der Waals surface area contributed by atoms with Crippen LogP contribution in [0.15, 0.2) is 42.5 Å². The summed E-state index contributed by atoms with van der Waals surface area (Å²) < 4.78 is 39.3. The van der Waals surface area contributed by atoms with E-state index in [0.29, 0.717) is 17.0 Å². The van der Waals surface area contributed by atoms with E-state index in [9.17, 15) is 42.8 Å². The van der Waals surface area contributed by atoms with Gasteiger partial charge in [0.2, 0.25) is 0 Å². The average Bonchev–Trinajstić information content (AvgIpc) is 2.92. The monoisotopic (exact) mass is 437 g/mol. The second-order valence-corrected chi connectivity index (χ2v) is 6.96. The molecular weight excluding hydrogens is 423 g/mol. The minimum atomic E-state index is -5.06. The molecule has 0 unspecified atom stereocenters. The van der Waals surface area contributed by atoms with Gasteiger partial charge in [-0.15, -0.1) is 0 Å². The van der Waals surface area contributed by atoms with Crippen LogP contribution >= 0.6 is 0 Å². The highest BCUT2D eigenvalue weighted by Crippen LogP contribution is 2.37. The molecule has 2 N–H and O–H groups in total. The number of carbonyl (C=O) groups is 3. The Kier molecular flexibility index (Phi) is 5.28. The summed E-state index contributed by atoms with van der Waals surface area (Å²) in [6.45, 7) is 0.215. The maximum Gasteiger partial charge on any atom is 0.423 e. The van der Waals surface area contributed by atoms with Crippen molar-refractivity contribution in [2.24, 2.45) is 0 Å². The summed E-state index contributed by atoms with van der Waals surface area (Å²) in [6, 6.07) is 7.66. The number of fused-ring (bicyclic) bond motifs is 1. The Balaban J connectivity index is 1.81. The van der Waals surface area contributed by atoms with E-state index in [-0.39, 0.29) is 11.1 Å². The Hall–Kier alpha value is -3.80. The summed E-state index contributed by atoms with van der Waals surface area (Å²) in [6.07, 6.45) is -5.06. The largest absolute Gasteiger partial charge is 0.423 e. The summed E-state index contributed by atoms with van der Waals surface area (Å²) in [5.74, 6) is -2.68. The molecule has 2 aromatic rings. The Morgan fingerprint density at radius 2 is 1.68 bits per heavy atom. The molecule has 1 aliphatic heterocycles. The predicted molar refractivity (Wildman–Crippen MR) is 99.2 cm³/mol. The topological polar surface area (TPSA) is 130 Å². The highest BCUT2D eigenvalue weighted by atomic mass is 19.4. The molecule has 0 fully saturated rings. The number of β-amino-alcohol motifs (C(OH)–C–C–N with tert-alkyl or cyclic N) is 1. The van der Waals surface area contributed by atoms with E-state index in [2.05, 4.69) is 0 Å². The fourth-order valence-corrected chi connectivity index (χ4v) is 3.03. The lowest BCUT2D eigenvalue weighted by Gasteiger charge is -2.26. The van der Waals surface area contributed by atoms with Crippen molar-refractivity contribution < 1.29 is 37.6 Å². The Morgan fingerprint density at radius 1 is 1.13 bits per heavy atom. The van der Waals surface area contributed by atoms with Gasteiger partial charge in [-0.1, -0.05) is 12.1 Å². The number of benzene rings is 2. The lowest BCUT2D eigenvalue weighted by molar-refractivity contribution is -0.388. The number of anilines is 1. The van der Waals surface area contributed by atoms with Gasteiger partial charge in [-0.3, -0.25) is 29.4 Å². The molecule has 3 rings (SSSR count). The second-order valence-electron chi connectivity index (χ2n) is 6.96. The number of hydrogen-bond donors (Lipinski definition) is 2. The molecule has 1 aliphatic rings. The molecule has 162 valence electrons. The smallest absolute Gasteiger partial charge is 0.378 e. The first kappa shape index (κ1) is 21.9. The number of carbonyl (C=O) groups excluding carboxylic acids is 3. The summed E-state index contributed by atoms with van der Waals surface area (Å²) in [5, 5.41) is 23.3. The first-order chi connectivity index (χ1) is 14.3. The number of imide groups is 1. The Bertz CT molecular complexity index is 1080. The zero-order chi connectivity index (χ0) is 23.1. The molecule has 3 amide bonds. The molecule has 31 heavy (non-hydrogen) atoms. The Labute approximate surface area is 172 Å². The van der Waals surface area contributed by atoms with Crippen molar-refractivity contribution in [2.45, 2.75) is 18.7 Å². The number of aliphatic hydroxyl groups is 1. The number of halogens is 3. The van der Waals surface area contributed by atoms with Crippen LogP contribution in [0.2, 0.25) is 0 Å². The second kappa shape index (κ2) is 7.47. The van der Waals surface area contributed by atoms with Crippen LogP contribution in [0.25, 0.3) is 0 Å². The normalized spacial score (nSPS) is 15.5. The third-order valence-corrected chi connectivity index (χ3v) is 4.59. The van der Waals surface area contributed by atoms with Crippen molar-refractivity contribution in [3.05, 3.63) is 69.3 Å². The number of amides is 3. The molecule has 0 radical (unpaired) electrons. The highest BCUT2D eigenvalue weighted by molar-refractivity contribution is 6.21. The SMILES string of the molecule is C[C@](O)(CN1C(=O)c2ccccc2C1=O)C(=O)Nc1ccc([N+](=O)[O-])c(C(F)(F)F)c1. The molecule has 0 aliphatic carbocycles. The minimum absolute atomic E-state index is 0.0916. The van der Waals surface area contributed by atoms with E-state index in [4.69, 9.17) is 0 Å². The van der Waals surface area contributed by atoms with E-state index in [1.165, 1.54) is 24.3 Å². The van der Waals surface area contributed by atoms with Gasteiger partial charge in [0.25, 0.3) is 23.4 Å². The van der Waals surface area contributed by atoms with Crippen molar-refractivity contribution >= 4 is 29.1 Å². The summed E-state index contributed by atoms with van der Waals surface area (Å²) >= 11 is 0. The molecule has 0 saturated carbocycles. The molecule has 0 saturated heterocycles. The first-order valence-corrected chi connectivity index (χ1v) is 8.67. The molecule has 2 aromatic carbocycles. The van der Waals surface area contributed by atoms with Crippen molar-refractivity contribution in [1.82, 2.24) is 4.90 Å². The molecule has 1 atom stereocenters. The van der Waals surface area contributed by atoms with Crippen molar-refractivity contribution in [3.63, 3.8) is 0 Å². The van der Waals surface area contributed by atoms with Gasteiger partial charge < -0.3 is 10.4 Å². The van der Waals surface area contributed by atoms with E-state index >= 15 is 0 Å². The molecule has 0 spiro atoms. The lowest BCUT2D eigenvalue weighted by Crippen LogP contribution is -2.51. The molecule has 1 heterocycles. The average molecular weight is 437 g/mol. The zero-order valence-electron chi connectivity index (χ0n) is 15.8. The van der Waals surface area contributed by atoms with Gasteiger partial charge in [-0.25, -0.2) is 0 Å². The van der Waals surface area contributed by atoms with Crippen molar-refractivity contribution in [3.8, 4) is 0 Å². The van der Waals surface area contributed by atoms with Crippen LogP contribution in [0.3, 0.4) is 0 Å². The van der Waals surface area contributed by atoms with Gasteiger partial charge in [0.05, 0.1) is 22.6 Å². The van der Waals surface area contributed by atoms with E-state index in [0.717, 1.165) is 13.0 Å². The fraction of sp³-hybridized carbons (Fsp3) is 0.211. The van der Waals surface area contributed by atoms with Gasteiger partial charge in [-0.2, -0.15) is 13.2 Å². The third-order valence-electron chi connectivity index (χ3n) is 4.59. The molecule has 9 nitrogen and oxygen atoms in total. The van der Waals surface area contributed by atoms with Gasteiger partial charge >= 0.3 is 6.18 Å². The van der Waals surface area contributed by atoms with Gasteiger partial charge in [-0.05, 0) is 31.2 Å². The van der Waals surface area contributed by atoms with Crippen molar-refractivity contribution in [1.29, 1.82) is 0 Å². The number of nitro benzene ring substituents is 1. The molecular formula is C19H14F3N3O6. The number of nitrogens with zero attached hydrogens (tertiary/aromatic N) is 2. The van der Waals surface area contributed by atoms with E-state index in [1.54, 1.807) is 0 Å². The van der Waals surface area contributed by atoms with Crippen LogP contribution in [0, 0.1) is 10.1 Å². The van der Waals surface area contributed by atoms with Crippen LogP contribution in [0.5, 0.6) is 0 Å². The standard InChI is InChI=1S/C19H14F3N3O6/c1-18(29,9-24-15(26)11-4-2-3-5-12(11)16(24)27)17(28)23-10-6-7-14(25(30)31)13(8-10)19(20,21)22/h2-8,29H,9H2,1H3,(H,23,28)/t18-/m0/s1. The first-order valence-electron chi connectivity index (χ1n) is 8.67. The summed E-state index contributed by atoms with van der Waals surface area (Å²) in [5.41, 5.74) is -5.44. The van der Waals surface area contributed by atoms with E-state index in [1.807, 2.05) is 5.32 Å². The third kappa shape index (κ3) is 4.10. The molecule has 12 heteroatoms. The summed E-state index contributed by atoms with van der Waals surface area (Å²) in [4.78, 5) is 47.5. The number of nitrogens with one attached hydrogen (secondary N) is 1. The number of nitro groups is 1. The van der Waals surface area contributed by atoms with Crippen molar-refractivity contribution in [2.75, 3.05) is 11.9 Å². The van der Waals surface area contributed by atoms with Gasteiger partial charge in [0.1, 0.15) is 5.56 Å². The van der Waals surface area contributed by atoms with Gasteiger partial charge in [0, 0.05) is 11.8 Å². The predicted octanol–water partition coefficient (Wildman–Crippen LogP) is 2.60. The fourth-order valence-electron chi connectivity index (χ4n) is 3.03. The Morgan fingerprint density at radius 3 is 2.16 bits per heavy atom. The number of alkyl halides is 3. The maximum absolute atomic E-state index is 13.1. The van der Waals surface area contributed by atoms with Crippen LogP contribution in [-0.2, 0) is 11.0 Å². The lowest BCUT2D eigenvalue weighted by atomic mass is 10.0. The maximum atomic E-state index is 13.1. The minimum Gasteiger partial charge on any atom is -0.378 e.